The molecule has 0 radical (unpaired) electrons. The Morgan fingerprint density at radius 3 is 2.28 bits per heavy atom. The highest BCUT2D eigenvalue weighted by molar-refractivity contribution is 5.54. The molecule has 4 rings (SSSR count). The minimum atomic E-state index is -1.42. The predicted octanol–water partition coefficient (Wildman–Crippen LogP) is 0.786. The minimum absolute atomic E-state index is 0.00220. The molecule has 1 fully saturated rings. The molecule has 0 amide bonds. The number of aliphatic hydroxyl groups is 4. The topological polar surface area (TPSA) is 147 Å². The molecule has 0 aromatic heterocycles. The fourth-order valence-electron chi connectivity index (χ4n) is 5.22. The average molecular weight is 507 g/mol. The summed E-state index contributed by atoms with van der Waals surface area (Å²) in [7, 11) is 4.60. The first-order valence-corrected chi connectivity index (χ1v) is 11.8. The van der Waals surface area contributed by atoms with Crippen molar-refractivity contribution in [2.75, 3.05) is 41.2 Å². The first-order valence-electron chi connectivity index (χ1n) is 11.8. The Labute approximate surface area is 209 Å². The van der Waals surface area contributed by atoms with Crippen molar-refractivity contribution >= 4 is 0 Å². The Morgan fingerprint density at radius 2 is 1.61 bits per heavy atom. The third-order valence-electron chi connectivity index (χ3n) is 7.20. The molecule has 0 spiro atoms. The van der Waals surface area contributed by atoms with Gasteiger partial charge in [0.15, 0.2) is 29.3 Å². The summed E-state index contributed by atoms with van der Waals surface area (Å²) in [6.45, 7) is -0.213. The van der Waals surface area contributed by atoms with E-state index in [1.807, 2.05) is 12.1 Å². The van der Waals surface area contributed by atoms with Gasteiger partial charge in [-0.3, -0.25) is 0 Å². The van der Waals surface area contributed by atoms with E-state index >= 15 is 0 Å². The highest BCUT2D eigenvalue weighted by Gasteiger charge is 2.42. The lowest BCUT2D eigenvalue weighted by Gasteiger charge is -2.41. The van der Waals surface area contributed by atoms with Gasteiger partial charge in [0.05, 0.1) is 34.5 Å². The number of rotatable bonds is 8. The van der Waals surface area contributed by atoms with Crippen LogP contribution in [-0.4, -0.2) is 91.3 Å². The van der Waals surface area contributed by atoms with Gasteiger partial charge in [-0.25, -0.2) is 0 Å². The molecular weight excluding hydrogens is 472 g/mol. The van der Waals surface area contributed by atoms with Gasteiger partial charge in [0.25, 0.3) is 0 Å². The van der Waals surface area contributed by atoms with Crippen molar-refractivity contribution in [2.45, 2.75) is 36.9 Å². The molecule has 2 aromatic carbocycles. The fraction of sp³-hybridized carbons (Fsp3) is 0.538. The number of phenols is 1. The number of ether oxygens (including phenoxy) is 5. The van der Waals surface area contributed by atoms with Crippen LogP contribution in [0.5, 0.6) is 23.0 Å². The Bertz CT molecular complexity index is 1040. The highest BCUT2D eigenvalue weighted by atomic mass is 16.7. The lowest BCUT2D eigenvalue weighted by atomic mass is 9.67. The van der Waals surface area contributed by atoms with Crippen LogP contribution in [-0.2, 0) is 15.9 Å². The van der Waals surface area contributed by atoms with Crippen molar-refractivity contribution in [3.05, 3.63) is 47.0 Å². The number of aromatic hydroxyl groups is 1. The number of benzene rings is 2. The van der Waals surface area contributed by atoms with Crippen molar-refractivity contribution in [2.24, 2.45) is 11.8 Å². The van der Waals surface area contributed by atoms with Gasteiger partial charge in [0.1, 0.15) is 18.3 Å². The van der Waals surface area contributed by atoms with Gasteiger partial charge in [0, 0.05) is 12.5 Å². The minimum Gasteiger partial charge on any atom is -0.504 e. The Balaban J connectivity index is 1.75. The van der Waals surface area contributed by atoms with Crippen LogP contribution in [0.2, 0.25) is 0 Å². The SMILES string of the molecule is COc1cc([C@@H]2c3cc(OC)c(OC)cc3C[C@H](CO)[C@H]2CO[C@@H]2OC[C@@H](O)[C@H](O)[C@H]2O)ccc1O. The molecule has 2 aromatic rings. The van der Waals surface area contributed by atoms with Gasteiger partial charge in [-0.2, -0.15) is 0 Å². The maximum absolute atomic E-state index is 10.4. The number of hydrogen-bond acceptors (Lipinski definition) is 10. The first kappa shape index (κ1) is 26.5. The van der Waals surface area contributed by atoms with Crippen molar-refractivity contribution in [1.82, 2.24) is 0 Å². The van der Waals surface area contributed by atoms with Crippen molar-refractivity contribution < 1.29 is 49.2 Å². The van der Waals surface area contributed by atoms with Crippen molar-refractivity contribution in [3.8, 4) is 23.0 Å². The maximum atomic E-state index is 10.4. The average Bonchev–Trinajstić information content (AvgIpc) is 2.90. The molecule has 1 aliphatic heterocycles. The van der Waals surface area contributed by atoms with E-state index in [1.165, 1.54) is 7.11 Å². The fourth-order valence-corrected chi connectivity index (χ4v) is 5.22. The van der Waals surface area contributed by atoms with E-state index in [9.17, 15) is 25.5 Å². The van der Waals surface area contributed by atoms with Gasteiger partial charge >= 0.3 is 0 Å². The van der Waals surface area contributed by atoms with Gasteiger partial charge in [-0.15, -0.1) is 0 Å². The molecule has 2 aliphatic rings. The summed E-state index contributed by atoms with van der Waals surface area (Å²) in [5, 5.41) is 50.7. The molecule has 0 bridgehead atoms. The second-order valence-electron chi connectivity index (χ2n) is 9.21. The first-order chi connectivity index (χ1) is 17.3. The third kappa shape index (κ3) is 4.97. The van der Waals surface area contributed by atoms with Crippen LogP contribution in [0, 0.1) is 11.8 Å². The van der Waals surface area contributed by atoms with E-state index in [4.69, 9.17) is 23.7 Å². The summed E-state index contributed by atoms with van der Waals surface area (Å²) in [6.07, 6.45) is -4.61. The lowest BCUT2D eigenvalue weighted by Crippen LogP contribution is -2.54. The molecule has 10 nitrogen and oxygen atoms in total. The number of hydrogen-bond donors (Lipinski definition) is 5. The van der Waals surface area contributed by atoms with Crippen LogP contribution in [0.25, 0.3) is 0 Å². The normalized spacial score (nSPS) is 29.9. The van der Waals surface area contributed by atoms with Gasteiger partial charge in [-0.1, -0.05) is 6.07 Å². The molecule has 1 saturated heterocycles. The molecule has 10 heteroatoms. The summed E-state index contributed by atoms with van der Waals surface area (Å²) < 4.78 is 27.8. The molecule has 0 unspecified atom stereocenters. The van der Waals surface area contributed by atoms with E-state index in [1.54, 1.807) is 32.4 Å². The predicted molar refractivity (Wildman–Crippen MR) is 128 cm³/mol. The standard InChI is InChI=1S/C26H34O10/c1-32-20-7-13(4-5-18(20)28)23-16-9-22(34-3)21(33-2)8-14(16)6-15(10-27)17(23)11-35-26-25(31)24(30)19(29)12-36-26/h4-5,7-9,15,17,19,23-31H,6,10-12H2,1-3H3/t15-,17-,19-,23-,24+,25-,26-/m1/s1. The van der Waals surface area contributed by atoms with Gasteiger partial charge < -0.3 is 49.2 Å². The summed E-state index contributed by atoms with van der Waals surface area (Å²) in [4.78, 5) is 0. The summed E-state index contributed by atoms with van der Waals surface area (Å²) in [6, 6.07) is 8.91. The second kappa shape index (κ2) is 11.2. The van der Waals surface area contributed by atoms with Crippen molar-refractivity contribution in [3.63, 3.8) is 0 Å². The number of methoxy groups -OCH3 is 3. The van der Waals surface area contributed by atoms with E-state index in [-0.39, 0.29) is 43.3 Å². The van der Waals surface area contributed by atoms with E-state index in [0.29, 0.717) is 23.7 Å². The zero-order valence-electron chi connectivity index (χ0n) is 20.5. The van der Waals surface area contributed by atoms with E-state index < -0.39 is 24.6 Å². The lowest BCUT2D eigenvalue weighted by molar-refractivity contribution is -0.274. The van der Waals surface area contributed by atoms with Gasteiger partial charge in [-0.05, 0) is 59.2 Å². The summed E-state index contributed by atoms with van der Waals surface area (Å²) in [5.41, 5.74) is 2.75. The largest absolute Gasteiger partial charge is 0.504 e. The molecule has 36 heavy (non-hydrogen) atoms. The number of phenolic OH excluding ortho intramolecular Hbond substituents is 1. The molecule has 1 heterocycles. The van der Waals surface area contributed by atoms with Crippen LogP contribution in [0.15, 0.2) is 30.3 Å². The van der Waals surface area contributed by atoms with Crippen LogP contribution >= 0.6 is 0 Å². The Kier molecular flexibility index (Phi) is 8.23. The summed E-state index contributed by atoms with van der Waals surface area (Å²) in [5.74, 6) is 0.627. The van der Waals surface area contributed by atoms with Crippen LogP contribution in [0.3, 0.4) is 0 Å². The second-order valence-corrected chi connectivity index (χ2v) is 9.21. The molecule has 7 atom stereocenters. The zero-order chi connectivity index (χ0) is 26.0. The quantitative estimate of drug-likeness (QED) is 0.348. The Hall–Kier alpha value is -2.60. The van der Waals surface area contributed by atoms with E-state index in [2.05, 4.69) is 0 Å². The van der Waals surface area contributed by atoms with Crippen molar-refractivity contribution in [1.29, 1.82) is 0 Å². The van der Waals surface area contributed by atoms with Gasteiger partial charge in [0.2, 0.25) is 0 Å². The maximum Gasteiger partial charge on any atom is 0.186 e. The molecule has 198 valence electrons. The number of aliphatic hydroxyl groups excluding tert-OH is 4. The van der Waals surface area contributed by atoms with Crippen LogP contribution < -0.4 is 14.2 Å². The third-order valence-corrected chi connectivity index (χ3v) is 7.20. The van der Waals surface area contributed by atoms with E-state index in [0.717, 1.165) is 16.7 Å². The van der Waals surface area contributed by atoms with Crippen LogP contribution in [0.4, 0.5) is 0 Å². The monoisotopic (exact) mass is 506 g/mol. The van der Waals surface area contributed by atoms with Crippen LogP contribution in [0.1, 0.15) is 22.6 Å². The molecule has 5 N–H and O–H groups in total. The smallest absolute Gasteiger partial charge is 0.186 e. The zero-order valence-corrected chi connectivity index (χ0v) is 20.5. The molecular formula is C26H34O10. The molecule has 0 saturated carbocycles. The molecule has 1 aliphatic carbocycles. The Morgan fingerprint density at radius 1 is 0.917 bits per heavy atom. The number of fused-ring (bicyclic) bond motifs is 1. The highest BCUT2D eigenvalue weighted by Crippen LogP contribution is 2.48. The summed E-state index contributed by atoms with van der Waals surface area (Å²) >= 11 is 0.